The summed E-state index contributed by atoms with van der Waals surface area (Å²) in [6.45, 7) is 0.699. The molecule has 9 heteroatoms. The van der Waals surface area contributed by atoms with Crippen LogP contribution in [0.4, 0.5) is 0 Å². The number of benzene rings is 1. The number of carbonyl (C=O) groups excluding carboxylic acids is 1. The third-order valence-corrected chi connectivity index (χ3v) is 5.35. The quantitative estimate of drug-likeness (QED) is 0.565. The fraction of sp³-hybridized carbons (Fsp3) is 0.263. The van der Waals surface area contributed by atoms with Gasteiger partial charge in [-0.1, -0.05) is 11.6 Å². The molecule has 7 nitrogen and oxygen atoms in total. The van der Waals surface area contributed by atoms with Crippen molar-refractivity contribution in [2.24, 2.45) is 0 Å². The van der Waals surface area contributed by atoms with Gasteiger partial charge in [0.15, 0.2) is 9.84 Å². The number of hydrogen-bond donors (Lipinski definition) is 1. The average molecular weight is 422 g/mol. The van der Waals surface area contributed by atoms with E-state index in [1.54, 1.807) is 24.4 Å². The summed E-state index contributed by atoms with van der Waals surface area (Å²) in [5.74, 6) is 0.474. The van der Waals surface area contributed by atoms with Gasteiger partial charge in [-0.05, 0) is 42.8 Å². The van der Waals surface area contributed by atoms with E-state index in [-0.39, 0.29) is 10.8 Å². The molecule has 3 rings (SSSR count). The Hall–Kier alpha value is -2.58. The van der Waals surface area contributed by atoms with Gasteiger partial charge in [0.25, 0.3) is 0 Å². The number of hydrogen-bond acceptors (Lipinski definition) is 5. The standard InChI is InChI=1S/C19H20ClN3O4S/c1-28(25,26)17-7-5-16(6-8-17)27-10-2-3-19(24)21-11-15-13-23-12-14(20)4-9-18(23)22-15/h4-9,12-13H,2-3,10-11H2,1H3,(H,21,24). The second-order valence-corrected chi connectivity index (χ2v) is 8.77. The van der Waals surface area contributed by atoms with Crippen LogP contribution in [0.25, 0.3) is 5.65 Å². The Kier molecular flexibility index (Phi) is 6.21. The smallest absolute Gasteiger partial charge is 0.220 e. The molecule has 0 fully saturated rings. The van der Waals surface area contributed by atoms with Gasteiger partial charge < -0.3 is 14.5 Å². The number of nitrogens with one attached hydrogen (secondary N) is 1. The topological polar surface area (TPSA) is 89.8 Å². The fourth-order valence-electron chi connectivity index (χ4n) is 2.59. The number of fused-ring (bicyclic) bond motifs is 1. The van der Waals surface area contributed by atoms with E-state index in [2.05, 4.69) is 10.3 Å². The predicted molar refractivity (Wildman–Crippen MR) is 106 cm³/mol. The van der Waals surface area contributed by atoms with Crippen LogP contribution in [0.3, 0.4) is 0 Å². The molecule has 0 bridgehead atoms. The normalized spacial score (nSPS) is 11.5. The summed E-state index contributed by atoms with van der Waals surface area (Å²) in [5.41, 5.74) is 1.52. The van der Waals surface area contributed by atoms with Crippen LogP contribution in [-0.2, 0) is 21.2 Å². The molecule has 1 N–H and O–H groups in total. The number of imidazole rings is 1. The highest BCUT2D eigenvalue weighted by atomic mass is 35.5. The second kappa shape index (κ2) is 8.62. The van der Waals surface area contributed by atoms with Crippen molar-refractivity contribution < 1.29 is 17.9 Å². The summed E-state index contributed by atoms with van der Waals surface area (Å²) in [7, 11) is -3.22. The first-order valence-electron chi connectivity index (χ1n) is 8.64. The molecular weight excluding hydrogens is 402 g/mol. The molecule has 0 unspecified atom stereocenters. The lowest BCUT2D eigenvalue weighted by Crippen LogP contribution is -2.23. The molecule has 28 heavy (non-hydrogen) atoms. The average Bonchev–Trinajstić information content (AvgIpc) is 3.05. The third kappa shape index (κ3) is 5.46. The summed E-state index contributed by atoms with van der Waals surface area (Å²) in [6.07, 6.45) is 5.60. The van der Waals surface area contributed by atoms with Crippen LogP contribution in [-0.4, -0.2) is 36.6 Å². The first-order valence-corrected chi connectivity index (χ1v) is 10.9. The zero-order valence-corrected chi connectivity index (χ0v) is 16.8. The summed E-state index contributed by atoms with van der Waals surface area (Å²) < 4.78 is 30.2. The van der Waals surface area contributed by atoms with Crippen molar-refractivity contribution in [1.29, 1.82) is 0 Å². The number of carbonyl (C=O) groups is 1. The summed E-state index contributed by atoms with van der Waals surface area (Å²) >= 11 is 5.94. The number of pyridine rings is 1. The third-order valence-electron chi connectivity index (χ3n) is 4.00. The Morgan fingerprint density at radius 1 is 1.18 bits per heavy atom. The van der Waals surface area contributed by atoms with E-state index < -0.39 is 9.84 Å². The highest BCUT2D eigenvalue weighted by Gasteiger charge is 2.07. The van der Waals surface area contributed by atoms with Crippen molar-refractivity contribution in [3.05, 3.63) is 59.5 Å². The molecule has 0 saturated carbocycles. The van der Waals surface area contributed by atoms with E-state index in [0.717, 1.165) is 17.6 Å². The molecule has 1 amide bonds. The van der Waals surface area contributed by atoms with E-state index in [4.69, 9.17) is 16.3 Å². The molecule has 2 aromatic heterocycles. The van der Waals surface area contributed by atoms with Gasteiger partial charge in [-0.3, -0.25) is 4.79 Å². The van der Waals surface area contributed by atoms with Gasteiger partial charge in [-0.15, -0.1) is 0 Å². The maximum absolute atomic E-state index is 12.0. The fourth-order valence-corrected chi connectivity index (χ4v) is 3.38. The van der Waals surface area contributed by atoms with Crippen molar-refractivity contribution in [3.63, 3.8) is 0 Å². The maximum Gasteiger partial charge on any atom is 0.220 e. The Bertz CT molecular complexity index is 1080. The van der Waals surface area contributed by atoms with Crippen LogP contribution < -0.4 is 10.1 Å². The SMILES string of the molecule is CS(=O)(=O)c1ccc(OCCCC(=O)NCc2cn3cc(Cl)ccc3n2)cc1. The van der Waals surface area contributed by atoms with Crippen LogP contribution >= 0.6 is 11.6 Å². The van der Waals surface area contributed by atoms with Crippen molar-refractivity contribution in [3.8, 4) is 5.75 Å². The number of aromatic nitrogens is 2. The van der Waals surface area contributed by atoms with Crippen LogP contribution in [0.2, 0.25) is 5.02 Å². The molecule has 0 spiro atoms. The predicted octanol–water partition coefficient (Wildman–Crippen LogP) is 2.87. The van der Waals surface area contributed by atoms with Gasteiger partial charge >= 0.3 is 0 Å². The van der Waals surface area contributed by atoms with Gasteiger partial charge in [0.2, 0.25) is 5.91 Å². The van der Waals surface area contributed by atoms with E-state index in [9.17, 15) is 13.2 Å². The van der Waals surface area contributed by atoms with E-state index in [0.29, 0.717) is 36.8 Å². The minimum absolute atomic E-state index is 0.0916. The highest BCUT2D eigenvalue weighted by molar-refractivity contribution is 7.90. The van der Waals surface area contributed by atoms with Crippen molar-refractivity contribution in [2.45, 2.75) is 24.3 Å². The molecule has 0 aliphatic carbocycles. The molecule has 0 atom stereocenters. The molecule has 1 aromatic carbocycles. The molecular formula is C19H20ClN3O4S. The zero-order chi connectivity index (χ0) is 20.1. The molecule has 3 aromatic rings. The number of ether oxygens (including phenoxy) is 1. The van der Waals surface area contributed by atoms with Crippen molar-refractivity contribution in [2.75, 3.05) is 12.9 Å². The van der Waals surface area contributed by atoms with Crippen LogP contribution in [0, 0.1) is 0 Å². The van der Waals surface area contributed by atoms with Crippen LogP contribution in [0.5, 0.6) is 5.75 Å². The zero-order valence-electron chi connectivity index (χ0n) is 15.3. The minimum atomic E-state index is -3.22. The number of nitrogens with zero attached hydrogens (tertiary/aromatic N) is 2. The van der Waals surface area contributed by atoms with Crippen molar-refractivity contribution in [1.82, 2.24) is 14.7 Å². The van der Waals surface area contributed by atoms with Gasteiger partial charge in [-0.25, -0.2) is 13.4 Å². The Labute approximate surface area is 168 Å². The van der Waals surface area contributed by atoms with E-state index in [1.807, 2.05) is 16.7 Å². The summed E-state index contributed by atoms with van der Waals surface area (Å²) in [4.78, 5) is 16.6. The van der Waals surface area contributed by atoms with E-state index in [1.165, 1.54) is 12.1 Å². The van der Waals surface area contributed by atoms with Gasteiger partial charge in [-0.2, -0.15) is 0 Å². The molecule has 0 aliphatic heterocycles. The maximum atomic E-state index is 12.0. The number of sulfone groups is 1. The lowest BCUT2D eigenvalue weighted by Gasteiger charge is -2.07. The summed E-state index contributed by atoms with van der Waals surface area (Å²) in [5, 5.41) is 3.44. The number of amides is 1. The van der Waals surface area contributed by atoms with Crippen molar-refractivity contribution >= 4 is 33.0 Å². The largest absolute Gasteiger partial charge is 0.494 e. The Morgan fingerprint density at radius 3 is 2.64 bits per heavy atom. The molecule has 0 saturated heterocycles. The lowest BCUT2D eigenvalue weighted by atomic mass is 10.3. The molecule has 148 valence electrons. The van der Waals surface area contributed by atoms with Gasteiger partial charge in [0, 0.05) is 25.1 Å². The molecule has 0 aliphatic rings. The summed E-state index contributed by atoms with van der Waals surface area (Å²) in [6, 6.07) is 9.78. The number of halogens is 1. The number of rotatable bonds is 8. The van der Waals surface area contributed by atoms with Gasteiger partial charge in [0.05, 0.1) is 28.8 Å². The first kappa shape index (κ1) is 20.2. The molecule has 2 heterocycles. The highest BCUT2D eigenvalue weighted by Crippen LogP contribution is 2.16. The molecule has 0 radical (unpaired) electrons. The first-order chi connectivity index (χ1) is 13.3. The van der Waals surface area contributed by atoms with Gasteiger partial charge in [0.1, 0.15) is 11.4 Å². The van der Waals surface area contributed by atoms with Crippen LogP contribution in [0.15, 0.2) is 53.7 Å². The Balaban J connectivity index is 1.39. The van der Waals surface area contributed by atoms with E-state index >= 15 is 0 Å². The lowest BCUT2D eigenvalue weighted by molar-refractivity contribution is -0.121. The Morgan fingerprint density at radius 2 is 1.93 bits per heavy atom. The second-order valence-electron chi connectivity index (χ2n) is 6.32. The minimum Gasteiger partial charge on any atom is -0.494 e. The monoisotopic (exact) mass is 421 g/mol. The van der Waals surface area contributed by atoms with Crippen LogP contribution in [0.1, 0.15) is 18.5 Å².